The summed E-state index contributed by atoms with van der Waals surface area (Å²) in [7, 11) is 0. The number of hydrogen-bond donors (Lipinski definition) is 3. The van der Waals surface area contributed by atoms with Crippen LogP contribution in [0.4, 0.5) is 5.69 Å². The van der Waals surface area contributed by atoms with Gasteiger partial charge in [-0.15, -0.1) is 0 Å². The van der Waals surface area contributed by atoms with Crippen LogP contribution in [-0.2, 0) is 0 Å². The summed E-state index contributed by atoms with van der Waals surface area (Å²) < 4.78 is 0.560. The van der Waals surface area contributed by atoms with Crippen LogP contribution in [0.25, 0.3) is 0 Å². The molecule has 0 aliphatic carbocycles. The van der Waals surface area contributed by atoms with Crippen LogP contribution in [0, 0.1) is 13.7 Å². The first-order valence-corrected chi connectivity index (χ1v) is 6.40. The number of rotatable bonds is 5. The largest absolute Gasteiger partial charge is 0.393 e. The van der Waals surface area contributed by atoms with E-state index in [4.69, 9.17) is 5.11 Å². The molecule has 0 spiro atoms. The van der Waals surface area contributed by atoms with Crippen molar-refractivity contribution in [3.05, 3.63) is 37.4 Å². The quantitative estimate of drug-likeness (QED) is 0.395. The first-order valence-electron chi connectivity index (χ1n) is 5.32. The molecule has 3 N–H and O–H groups in total. The van der Waals surface area contributed by atoms with E-state index in [1.54, 1.807) is 0 Å². The highest BCUT2D eigenvalue weighted by atomic mass is 127. The predicted molar refractivity (Wildman–Crippen MR) is 75.9 cm³/mol. The zero-order valence-corrected chi connectivity index (χ0v) is 12.2. The molecule has 0 fully saturated rings. The highest BCUT2D eigenvalue weighted by Gasteiger charge is 2.22. The van der Waals surface area contributed by atoms with E-state index in [1.165, 1.54) is 25.1 Å². The molecular weight excluding hydrogens is 367 g/mol. The maximum Gasteiger partial charge on any atom is 0.270 e. The van der Waals surface area contributed by atoms with Gasteiger partial charge in [0.05, 0.1) is 17.1 Å². The second-order valence-corrected chi connectivity index (χ2v) is 5.42. The average molecular weight is 380 g/mol. The average Bonchev–Trinajstić information content (AvgIpc) is 2.36. The third kappa shape index (κ3) is 4.40. The van der Waals surface area contributed by atoms with Gasteiger partial charge in [-0.1, -0.05) is 0 Å². The van der Waals surface area contributed by atoms with Gasteiger partial charge in [-0.25, -0.2) is 0 Å². The van der Waals surface area contributed by atoms with Gasteiger partial charge in [-0.3, -0.25) is 14.9 Å². The number of halogens is 1. The highest BCUT2D eigenvalue weighted by molar-refractivity contribution is 14.1. The van der Waals surface area contributed by atoms with Crippen LogP contribution in [-0.4, -0.2) is 39.8 Å². The summed E-state index contributed by atoms with van der Waals surface area (Å²) >= 11 is 1.89. The van der Waals surface area contributed by atoms with Crippen molar-refractivity contribution in [2.75, 3.05) is 13.2 Å². The van der Waals surface area contributed by atoms with Crippen LogP contribution in [0.3, 0.4) is 0 Å². The second kappa shape index (κ2) is 6.26. The third-order valence-corrected chi connectivity index (χ3v) is 3.32. The Morgan fingerprint density at radius 2 is 2.21 bits per heavy atom. The Labute approximate surface area is 122 Å². The molecule has 0 saturated heterocycles. The summed E-state index contributed by atoms with van der Waals surface area (Å²) in [4.78, 5) is 21.9. The highest BCUT2D eigenvalue weighted by Crippen LogP contribution is 2.19. The molecule has 0 aliphatic heterocycles. The van der Waals surface area contributed by atoms with Gasteiger partial charge >= 0.3 is 0 Å². The van der Waals surface area contributed by atoms with Crippen molar-refractivity contribution in [2.45, 2.75) is 12.5 Å². The molecule has 1 aromatic carbocycles. The van der Waals surface area contributed by atoms with E-state index in [-0.39, 0.29) is 17.8 Å². The SMILES string of the molecule is CC(O)(CO)CNC(=O)c1cc([N+](=O)[O-])ccc1I. The van der Waals surface area contributed by atoms with Gasteiger partial charge in [0.1, 0.15) is 5.60 Å². The van der Waals surface area contributed by atoms with Crippen LogP contribution in [0.2, 0.25) is 0 Å². The molecule has 0 saturated carbocycles. The van der Waals surface area contributed by atoms with Crippen molar-refractivity contribution in [1.82, 2.24) is 5.32 Å². The minimum atomic E-state index is -1.43. The molecule has 0 aliphatic rings. The molecule has 1 rings (SSSR count). The number of benzene rings is 1. The van der Waals surface area contributed by atoms with Crippen LogP contribution < -0.4 is 5.32 Å². The lowest BCUT2D eigenvalue weighted by Crippen LogP contribution is -2.43. The number of carbonyl (C=O) groups excluding carboxylic acids is 1. The van der Waals surface area contributed by atoms with Crippen molar-refractivity contribution < 1.29 is 19.9 Å². The molecule has 1 unspecified atom stereocenters. The predicted octanol–water partition coefficient (Wildman–Crippen LogP) is 0.672. The van der Waals surface area contributed by atoms with E-state index in [0.717, 1.165) is 0 Å². The lowest BCUT2D eigenvalue weighted by atomic mass is 10.1. The molecule has 0 radical (unpaired) electrons. The topological polar surface area (TPSA) is 113 Å². The number of amides is 1. The van der Waals surface area contributed by atoms with Crippen LogP contribution in [0.15, 0.2) is 18.2 Å². The van der Waals surface area contributed by atoms with E-state index in [1.807, 2.05) is 22.6 Å². The molecule has 0 heterocycles. The second-order valence-electron chi connectivity index (χ2n) is 4.26. The number of nitro groups is 1. The van der Waals surface area contributed by atoms with Crippen molar-refractivity contribution in [3.8, 4) is 0 Å². The maximum atomic E-state index is 11.9. The minimum Gasteiger partial charge on any atom is -0.393 e. The van der Waals surface area contributed by atoms with E-state index < -0.39 is 23.0 Å². The smallest absolute Gasteiger partial charge is 0.270 e. The summed E-state index contributed by atoms with van der Waals surface area (Å²) in [5.74, 6) is -0.540. The van der Waals surface area contributed by atoms with Crippen molar-refractivity contribution in [2.24, 2.45) is 0 Å². The molecule has 1 amide bonds. The van der Waals surface area contributed by atoms with Gasteiger partial charge in [-0.2, -0.15) is 0 Å². The van der Waals surface area contributed by atoms with E-state index >= 15 is 0 Å². The Hall–Kier alpha value is -1.26. The number of nitrogens with one attached hydrogen (secondary N) is 1. The summed E-state index contributed by atoms with van der Waals surface area (Å²) in [6.45, 7) is 0.714. The third-order valence-electron chi connectivity index (χ3n) is 2.38. The first kappa shape index (κ1) is 15.8. The molecule has 0 bridgehead atoms. The minimum absolute atomic E-state index is 0.152. The first-order chi connectivity index (χ1) is 8.76. The summed E-state index contributed by atoms with van der Waals surface area (Å²) in [6.07, 6.45) is 0. The maximum absolute atomic E-state index is 11.9. The molecule has 1 atom stereocenters. The van der Waals surface area contributed by atoms with Gasteiger partial charge in [0, 0.05) is 22.2 Å². The summed E-state index contributed by atoms with van der Waals surface area (Å²) in [5.41, 5.74) is -1.45. The van der Waals surface area contributed by atoms with E-state index in [9.17, 15) is 20.0 Å². The fourth-order valence-electron chi connectivity index (χ4n) is 1.22. The normalized spacial score (nSPS) is 13.7. The van der Waals surface area contributed by atoms with Gasteiger partial charge < -0.3 is 15.5 Å². The van der Waals surface area contributed by atoms with Crippen LogP contribution in [0.5, 0.6) is 0 Å². The zero-order chi connectivity index (χ0) is 14.6. The Morgan fingerprint density at radius 3 is 2.74 bits per heavy atom. The summed E-state index contributed by atoms with van der Waals surface area (Å²) in [5, 5.41) is 31.5. The van der Waals surface area contributed by atoms with Gasteiger partial charge in [0.15, 0.2) is 0 Å². The molecule has 0 aromatic heterocycles. The Bertz CT molecular complexity index is 504. The molecule has 104 valence electrons. The number of nitro benzene ring substituents is 1. The number of aliphatic hydroxyl groups excluding tert-OH is 1. The lowest BCUT2D eigenvalue weighted by Gasteiger charge is -2.20. The lowest BCUT2D eigenvalue weighted by molar-refractivity contribution is -0.384. The molecule has 7 nitrogen and oxygen atoms in total. The van der Waals surface area contributed by atoms with E-state index in [2.05, 4.69) is 5.32 Å². The number of hydrogen-bond acceptors (Lipinski definition) is 5. The van der Waals surface area contributed by atoms with Crippen molar-refractivity contribution >= 4 is 34.2 Å². The van der Waals surface area contributed by atoms with Crippen molar-refractivity contribution in [1.29, 1.82) is 0 Å². The Morgan fingerprint density at radius 1 is 1.58 bits per heavy atom. The molecule has 1 aromatic rings. The summed E-state index contributed by atoms with van der Waals surface area (Å²) in [6, 6.07) is 3.95. The number of nitrogens with zero attached hydrogens (tertiary/aromatic N) is 1. The molecular formula is C11H13IN2O5. The molecule has 8 heteroatoms. The van der Waals surface area contributed by atoms with Crippen LogP contribution in [0.1, 0.15) is 17.3 Å². The Kier molecular flexibility index (Phi) is 5.20. The fraction of sp³-hybridized carbons (Fsp3) is 0.364. The number of non-ortho nitro benzene ring substituents is 1. The van der Waals surface area contributed by atoms with Crippen molar-refractivity contribution in [3.63, 3.8) is 0 Å². The fourth-order valence-corrected chi connectivity index (χ4v) is 1.80. The van der Waals surface area contributed by atoms with Gasteiger partial charge in [-0.05, 0) is 35.6 Å². The van der Waals surface area contributed by atoms with E-state index in [0.29, 0.717) is 3.57 Å². The van der Waals surface area contributed by atoms with Gasteiger partial charge in [0.25, 0.3) is 11.6 Å². The number of aliphatic hydroxyl groups is 2. The molecule has 19 heavy (non-hydrogen) atoms. The standard InChI is InChI=1S/C11H13IN2O5/c1-11(17,6-15)5-13-10(16)8-4-7(14(18)19)2-3-9(8)12/h2-4,15,17H,5-6H2,1H3,(H,13,16). The number of carbonyl (C=O) groups is 1. The Balaban J connectivity index is 2.88. The monoisotopic (exact) mass is 380 g/mol. The van der Waals surface area contributed by atoms with Gasteiger partial charge in [0.2, 0.25) is 0 Å². The van der Waals surface area contributed by atoms with Crippen LogP contribution >= 0.6 is 22.6 Å². The zero-order valence-electron chi connectivity index (χ0n) is 10.1.